The zero-order chi connectivity index (χ0) is 14.0. The van der Waals surface area contributed by atoms with Crippen molar-refractivity contribution in [1.29, 1.82) is 0 Å². The molecule has 2 aromatic rings. The standard InChI is InChI=1S/C14H13F3N2/c1-2-9-7-13(18)19-8-12(9)10-3-5-11(6-4-10)14(15,16)17/h3-8H,2H2,1H3,(H2,18,19). The number of aromatic nitrogens is 1. The summed E-state index contributed by atoms with van der Waals surface area (Å²) < 4.78 is 37.5. The van der Waals surface area contributed by atoms with Gasteiger partial charge in [0, 0.05) is 11.8 Å². The molecule has 5 heteroatoms. The highest BCUT2D eigenvalue weighted by atomic mass is 19.4. The number of aryl methyl sites for hydroxylation is 1. The van der Waals surface area contributed by atoms with Gasteiger partial charge >= 0.3 is 6.18 Å². The molecule has 0 atom stereocenters. The smallest absolute Gasteiger partial charge is 0.384 e. The van der Waals surface area contributed by atoms with Gasteiger partial charge in [-0.25, -0.2) is 4.98 Å². The Bertz CT molecular complexity index is 574. The molecule has 0 saturated heterocycles. The van der Waals surface area contributed by atoms with Crippen LogP contribution in [0.2, 0.25) is 0 Å². The molecule has 0 spiro atoms. The second-order valence-electron chi connectivity index (χ2n) is 4.19. The van der Waals surface area contributed by atoms with Gasteiger partial charge in [0.2, 0.25) is 0 Å². The molecule has 100 valence electrons. The van der Waals surface area contributed by atoms with Gasteiger partial charge in [-0.2, -0.15) is 13.2 Å². The van der Waals surface area contributed by atoms with E-state index in [2.05, 4.69) is 4.98 Å². The number of nitrogens with two attached hydrogens (primary N) is 1. The third-order valence-electron chi connectivity index (χ3n) is 2.91. The van der Waals surface area contributed by atoms with Crippen LogP contribution in [0.3, 0.4) is 0 Å². The molecule has 0 amide bonds. The van der Waals surface area contributed by atoms with Crippen LogP contribution in [-0.4, -0.2) is 4.98 Å². The van der Waals surface area contributed by atoms with Gasteiger partial charge in [0.25, 0.3) is 0 Å². The van der Waals surface area contributed by atoms with Gasteiger partial charge in [0.15, 0.2) is 0 Å². The van der Waals surface area contributed by atoms with Crippen molar-refractivity contribution in [1.82, 2.24) is 4.98 Å². The first-order chi connectivity index (χ1) is 8.91. The monoisotopic (exact) mass is 266 g/mol. The van der Waals surface area contributed by atoms with Crippen molar-refractivity contribution in [2.75, 3.05) is 5.73 Å². The summed E-state index contributed by atoms with van der Waals surface area (Å²) in [5.74, 6) is 0.410. The Labute approximate surface area is 109 Å². The van der Waals surface area contributed by atoms with Crippen LogP contribution < -0.4 is 5.73 Å². The number of anilines is 1. The SMILES string of the molecule is CCc1cc(N)ncc1-c1ccc(C(F)(F)F)cc1. The molecule has 1 aromatic heterocycles. The molecule has 0 aliphatic rings. The minimum Gasteiger partial charge on any atom is -0.384 e. The fourth-order valence-electron chi connectivity index (χ4n) is 1.91. The van der Waals surface area contributed by atoms with Crippen LogP contribution in [0.5, 0.6) is 0 Å². The summed E-state index contributed by atoms with van der Waals surface area (Å²) in [5, 5.41) is 0. The van der Waals surface area contributed by atoms with Crippen molar-refractivity contribution in [2.24, 2.45) is 0 Å². The van der Waals surface area contributed by atoms with E-state index in [1.165, 1.54) is 12.1 Å². The van der Waals surface area contributed by atoms with Gasteiger partial charge in [-0.3, -0.25) is 0 Å². The van der Waals surface area contributed by atoms with Gasteiger partial charge < -0.3 is 5.73 Å². The predicted octanol–water partition coefficient (Wildman–Crippen LogP) is 3.91. The van der Waals surface area contributed by atoms with Gasteiger partial charge in [-0.1, -0.05) is 19.1 Å². The first-order valence-corrected chi connectivity index (χ1v) is 5.84. The number of rotatable bonds is 2. The Kier molecular flexibility index (Phi) is 3.46. The molecular weight excluding hydrogens is 253 g/mol. The highest BCUT2D eigenvalue weighted by Gasteiger charge is 2.30. The van der Waals surface area contributed by atoms with Crippen molar-refractivity contribution in [2.45, 2.75) is 19.5 Å². The lowest BCUT2D eigenvalue weighted by molar-refractivity contribution is -0.137. The average molecular weight is 266 g/mol. The molecule has 0 aliphatic heterocycles. The number of nitrogens with zero attached hydrogens (tertiary/aromatic N) is 1. The van der Waals surface area contributed by atoms with E-state index in [-0.39, 0.29) is 0 Å². The minimum absolute atomic E-state index is 0.410. The van der Waals surface area contributed by atoms with Crippen LogP contribution in [0, 0.1) is 0 Å². The van der Waals surface area contributed by atoms with Crippen molar-refractivity contribution in [3.8, 4) is 11.1 Å². The summed E-state index contributed by atoms with van der Waals surface area (Å²) in [5.41, 5.74) is 7.43. The summed E-state index contributed by atoms with van der Waals surface area (Å²) in [6.07, 6.45) is -1.98. The summed E-state index contributed by atoms with van der Waals surface area (Å²) in [6, 6.07) is 6.80. The van der Waals surface area contributed by atoms with Crippen LogP contribution in [0.4, 0.5) is 19.0 Å². The van der Waals surface area contributed by atoms with Gasteiger partial charge in [0.05, 0.1) is 5.56 Å². The van der Waals surface area contributed by atoms with Crippen molar-refractivity contribution < 1.29 is 13.2 Å². The zero-order valence-electron chi connectivity index (χ0n) is 10.3. The van der Waals surface area contributed by atoms with Gasteiger partial charge in [-0.05, 0) is 35.7 Å². The number of alkyl halides is 3. The van der Waals surface area contributed by atoms with Crippen LogP contribution in [0.1, 0.15) is 18.1 Å². The van der Waals surface area contributed by atoms with Gasteiger partial charge in [0.1, 0.15) is 5.82 Å². The molecule has 0 aliphatic carbocycles. The lowest BCUT2D eigenvalue weighted by Crippen LogP contribution is -2.04. The second-order valence-corrected chi connectivity index (χ2v) is 4.19. The normalized spacial score (nSPS) is 11.6. The minimum atomic E-state index is -4.31. The molecule has 1 aromatic carbocycles. The summed E-state index contributed by atoms with van der Waals surface area (Å²) in [4.78, 5) is 3.99. The molecule has 0 bridgehead atoms. The van der Waals surface area contributed by atoms with Crippen molar-refractivity contribution in [3.05, 3.63) is 47.7 Å². The quantitative estimate of drug-likeness (QED) is 0.895. The summed E-state index contributed by atoms with van der Waals surface area (Å²) >= 11 is 0. The number of benzene rings is 1. The fraction of sp³-hybridized carbons (Fsp3) is 0.214. The molecule has 1 heterocycles. The largest absolute Gasteiger partial charge is 0.416 e. The fourth-order valence-corrected chi connectivity index (χ4v) is 1.91. The number of hydrogen-bond donors (Lipinski definition) is 1. The highest BCUT2D eigenvalue weighted by molar-refractivity contribution is 5.68. The molecule has 0 unspecified atom stereocenters. The first-order valence-electron chi connectivity index (χ1n) is 5.84. The Morgan fingerprint density at radius 1 is 1.16 bits per heavy atom. The van der Waals surface area contributed by atoms with Crippen LogP contribution in [0.25, 0.3) is 11.1 Å². The molecule has 0 radical (unpaired) electrons. The second kappa shape index (κ2) is 4.91. The van der Waals surface area contributed by atoms with Crippen LogP contribution in [0.15, 0.2) is 36.5 Å². The number of hydrogen-bond acceptors (Lipinski definition) is 2. The molecule has 2 N–H and O–H groups in total. The van der Waals surface area contributed by atoms with Crippen molar-refractivity contribution >= 4 is 5.82 Å². The van der Waals surface area contributed by atoms with E-state index in [9.17, 15) is 13.2 Å². The molecule has 19 heavy (non-hydrogen) atoms. The lowest BCUT2D eigenvalue weighted by Gasteiger charge is -2.10. The maximum atomic E-state index is 12.5. The average Bonchev–Trinajstić information content (AvgIpc) is 2.37. The van der Waals surface area contributed by atoms with Crippen LogP contribution in [-0.2, 0) is 12.6 Å². The van der Waals surface area contributed by atoms with Gasteiger partial charge in [-0.15, -0.1) is 0 Å². The zero-order valence-corrected chi connectivity index (χ0v) is 10.3. The maximum absolute atomic E-state index is 12.5. The van der Waals surface area contributed by atoms with Crippen molar-refractivity contribution in [3.63, 3.8) is 0 Å². The first kappa shape index (κ1) is 13.4. The third kappa shape index (κ3) is 2.86. The Morgan fingerprint density at radius 2 is 1.79 bits per heavy atom. The van der Waals surface area contributed by atoms with E-state index >= 15 is 0 Å². The maximum Gasteiger partial charge on any atom is 0.416 e. The number of pyridine rings is 1. The summed E-state index contributed by atoms with van der Waals surface area (Å²) in [6.45, 7) is 1.96. The number of nitrogen functional groups attached to an aromatic ring is 1. The summed E-state index contributed by atoms with van der Waals surface area (Å²) in [7, 11) is 0. The van der Waals surface area contributed by atoms with E-state index < -0.39 is 11.7 Å². The van der Waals surface area contributed by atoms with E-state index in [4.69, 9.17) is 5.73 Å². The third-order valence-corrected chi connectivity index (χ3v) is 2.91. The molecule has 0 saturated carbocycles. The molecule has 2 nitrogen and oxygen atoms in total. The van der Waals surface area contributed by atoms with E-state index in [0.29, 0.717) is 11.4 Å². The van der Waals surface area contributed by atoms with Crippen LogP contribution >= 0.6 is 0 Å². The highest BCUT2D eigenvalue weighted by Crippen LogP contribution is 2.32. The van der Waals surface area contributed by atoms with E-state index in [1.807, 2.05) is 6.92 Å². The molecular formula is C14H13F3N2. The van der Waals surface area contributed by atoms with E-state index in [1.54, 1.807) is 12.3 Å². The predicted molar refractivity (Wildman–Crippen MR) is 68.5 cm³/mol. The van der Waals surface area contributed by atoms with E-state index in [0.717, 1.165) is 29.7 Å². The Balaban J connectivity index is 2.43. The Morgan fingerprint density at radius 3 is 2.32 bits per heavy atom. The molecule has 2 rings (SSSR count). The number of halogens is 3. The topological polar surface area (TPSA) is 38.9 Å². The Hall–Kier alpha value is -2.04. The lowest BCUT2D eigenvalue weighted by atomic mass is 9.99. The molecule has 0 fully saturated rings.